The maximum atomic E-state index is 12.1. The van der Waals surface area contributed by atoms with Crippen LogP contribution in [0.4, 0.5) is 10.5 Å². The molecule has 0 aromatic heterocycles. The zero-order valence-corrected chi connectivity index (χ0v) is 15.7. The number of benzene rings is 3. The van der Waals surface area contributed by atoms with Gasteiger partial charge in [0.05, 0.1) is 5.69 Å². The Morgan fingerprint density at radius 1 is 0.958 bits per heavy atom. The van der Waals surface area contributed by atoms with Crippen LogP contribution in [0.15, 0.2) is 54.6 Å². The van der Waals surface area contributed by atoms with Crippen molar-refractivity contribution in [2.24, 2.45) is 0 Å². The number of alkyl halides is 2. The van der Waals surface area contributed by atoms with Crippen LogP contribution in [0, 0.1) is 0 Å². The van der Waals surface area contributed by atoms with Crippen LogP contribution in [0.3, 0.4) is 0 Å². The van der Waals surface area contributed by atoms with E-state index >= 15 is 0 Å². The van der Waals surface area contributed by atoms with Crippen molar-refractivity contribution >= 4 is 71.0 Å². The molecule has 0 radical (unpaired) electrons. The maximum absolute atomic E-state index is 12.1. The van der Waals surface area contributed by atoms with Gasteiger partial charge in [-0.2, -0.15) is 0 Å². The summed E-state index contributed by atoms with van der Waals surface area (Å²) in [4.78, 5) is 23.4. The first-order chi connectivity index (χ1) is 11.6. The summed E-state index contributed by atoms with van der Waals surface area (Å²) in [6, 6.07) is 17.3. The number of carbonyl (C=O) groups excluding carboxylic acids is 2. The number of rotatable bonds is 3. The molecule has 0 saturated heterocycles. The van der Waals surface area contributed by atoms with Crippen molar-refractivity contribution in [1.82, 2.24) is 5.32 Å². The molecule has 0 heterocycles. The van der Waals surface area contributed by atoms with Gasteiger partial charge in [-0.15, -0.1) is 0 Å². The minimum atomic E-state index is -0.550. The predicted molar refractivity (Wildman–Crippen MR) is 105 cm³/mol. The quantitative estimate of drug-likeness (QED) is 0.445. The lowest BCUT2D eigenvalue weighted by Crippen LogP contribution is -2.39. The number of fused-ring (bicyclic) bond motifs is 2. The summed E-state index contributed by atoms with van der Waals surface area (Å²) in [5.74, 6) is -0.393. The maximum Gasteiger partial charge on any atom is 0.325 e. The first kappa shape index (κ1) is 16.9. The second kappa shape index (κ2) is 7.32. The van der Waals surface area contributed by atoms with Crippen LogP contribution in [0.2, 0.25) is 0 Å². The fraction of sp³-hybridized carbons (Fsp3) is 0.111. The molecule has 6 heteroatoms. The fourth-order valence-corrected chi connectivity index (χ4v) is 2.90. The number of anilines is 1. The molecule has 4 nitrogen and oxygen atoms in total. The molecule has 24 heavy (non-hydrogen) atoms. The summed E-state index contributed by atoms with van der Waals surface area (Å²) in [7, 11) is 0. The second-order valence-electron chi connectivity index (χ2n) is 5.29. The number of carbonyl (C=O) groups is 2. The highest BCUT2D eigenvalue weighted by atomic mass is 79.9. The van der Waals surface area contributed by atoms with Crippen LogP contribution in [0.5, 0.6) is 0 Å². The largest absolute Gasteiger partial charge is 0.325 e. The van der Waals surface area contributed by atoms with E-state index in [0.29, 0.717) is 11.0 Å². The van der Waals surface area contributed by atoms with Crippen LogP contribution >= 0.6 is 31.9 Å². The molecule has 0 bridgehead atoms. The van der Waals surface area contributed by atoms with Gasteiger partial charge < -0.3 is 5.32 Å². The van der Waals surface area contributed by atoms with Gasteiger partial charge in [-0.05, 0) is 34.4 Å². The Bertz CT molecular complexity index is 927. The number of amides is 3. The van der Waals surface area contributed by atoms with Gasteiger partial charge in [-0.3, -0.25) is 10.1 Å². The standard InChI is InChI=1S/C18H14Br2N2O2/c19-10-15(20)17(23)22-18(24)21-16-7-3-6-13-8-11-4-1-2-5-12(11)9-14(13)16/h1-9,15H,10H2,(H2,21,22,23,24). The Morgan fingerprint density at radius 2 is 1.62 bits per heavy atom. The molecule has 3 amide bonds. The summed E-state index contributed by atoms with van der Waals surface area (Å²) in [5.41, 5.74) is 0.661. The highest BCUT2D eigenvalue weighted by Crippen LogP contribution is 2.28. The van der Waals surface area contributed by atoms with Crippen LogP contribution in [-0.4, -0.2) is 22.1 Å². The van der Waals surface area contributed by atoms with E-state index in [9.17, 15) is 9.59 Å². The minimum absolute atomic E-state index is 0.393. The van der Waals surface area contributed by atoms with Gasteiger partial charge in [0.25, 0.3) is 0 Å². The topological polar surface area (TPSA) is 58.2 Å². The van der Waals surface area contributed by atoms with Gasteiger partial charge in [0.1, 0.15) is 4.83 Å². The van der Waals surface area contributed by atoms with Crippen LogP contribution < -0.4 is 10.6 Å². The zero-order chi connectivity index (χ0) is 17.1. The van der Waals surface area contributed by atoms with Gasteiger partial charge >= 0.3 is 6.03 Å². The third-order valence-electron chi connectivity index (χ3n) is 3.65. The molecule has 0 fully saturated rings. The first-order valence-corrected chi connectivity index (χ1v) is 9.35. The van der Waals surface area contributed by atoms with Crippen molar-refractivity contribution in [2.75, 3.05) is 10.6 Å². The van der Waals surface area contributed by atoms with Crippen LogP contribution in [-0.2, 0) is 4.79 Å². The second-order valence-corrected chi connectivity index (χ2v) is 7.04. The van der Waals surface area contributed by atoms with Crippen molar-refractivity contribution in [3.05, 3.63) is 54.6 Å². The molecule has 3 rings (SSSR count). The van der Waals surface area contributed by atoms with Gasteiger partial charge in [0.2, 0.25) is 5.91 Å². The van der Waals surface area contributed by atoms with E-state index in [0.717, 1.165) is 21.5 Å². The highest BCUT2D eigenvalue weighted by molar-refractivity contribution is 9.12. The Hall–Kier alpha value is -1.92. The molecule has 0 aliphatic heterocycles. The lowest BCUT2D eigenvalue weighted by molar-refractivity contribution is -0.118. The molecule has 1 unspecified atom stereocenters. The van der Waals surface area contributed by atoms with Crippen molar-refractivity contribution < 1.29 is 9.59 Å². The average Bonchev–Trinajstić information content (AvgIpc) is 2.59. The molecular formula is C18H14Br2N2O2. The zero-order valence-electron chi connectivity index (χ0n) is 12.6. The molecule has 3 aromatic carbocycles. The summed E-state index contributed by atoms with van der Waals surface area (Å²) in [5, 5.41) is 9.67. The number of halogens is 2. The van der Waals surface area contributed by atoms with E-state index in [2.05, 4.69) is 54.6 Å². The number of hydrogen-bond donors (Lipinski definition) is 2. The molecular weight excluding hydrogens is 436 g/mol. The van der Waals surface area contributed by atoms with E-state index in [-0.39, 0.29) is 0 Å². The van der Waals surface area contributed by atoms with Crippen LogP contribution in [0.25, 0.3) is 21.5 Å². The summed E-state index contributed by atoms with van der Waals surface area (Å²) in [6.07, 6.45) is 0. The summed E-state index contributed by atoms with van der Waals surface area (Å²) in [6.45, 7) is 0. The molecule has 0 saturated carbocycles. The average molecular weight is 450 g/mol. The van der Waals surface area contributed by atoms with E-state index < -0.39 is 16.8 Å². The summed E-state index contributed by atoms with van der Waals surface area (Å²) < 4.78 is 0. The van der Waals surface area contributed by atoms with Gasteiger partial charge in [0, 0.05) is 10.7 Å². The summed E-state index contributed by atoms with van der Waals surface area (Å²) >= 11 is 6.37. The third kappa shape index (κ3) is 3.60. The van der Waals surface area contributed by atoms with E-state index in [4.69, 9.17) is 0 Å². The molecule has 0 aliphatic carbocycles. The molecule has 1 atom stereocenters. The fourth-order valence-electron chi connectivity index (χ4n) is 2.49. The lowest BCUT2D eigenvalue weighted by atomic mass is 10.0. The predicted octanol–water partition coefficient (Wildman–Crippen LogP) is 4.80. The van der Waals surface area contributed by atoms with Crippen molar-refractivity contribution in [2.45, 2.75) is 4.83 Å². The normalized spacial score (nSPS) is 12.1. The van der Waals surface area contributed by atoms with Gasteiger partial charge in [0.15, 0.2) is 0 Å². The number of urea groups is 1. The molecule has 3 aromatic rings. The molecule has 2 N–H and O–H groups in total. The van der Waals surface area contributed by atoms with Gasteiger partial charge in [-0.25, -0.2) is 4.79 Å². The van der Waals surface area contributed by atoms with Crippen LogP contribution in [0.1, 0.15) is 0 Å². The van der Waals surface area contributed by atoms with Gasteiger partial charge in [-0.1, -0.05) is 68.3 Å². The number of hydrogen-bond acceptors (Lipinski definition) is 2. The van der Waals surface area contributed by atoms with E-state index in [1.807, 2.05) is 42.5 Å². The number of nitrogens with one attached hydrogen (secondary N) is 2. The smallest absolute Gasteiger partial charge is 0.307 e. The van der Waals surface area contributed by atoms with E-state index in [1.54, 1.807) is 0 Å². The van der Waals surface area contributed by atoms with Crippen molar-refractivity contribution in [3.8, 4) is 0 Å². The number of imide groups is 1. The Balaban J connectivity index is 1.90. The molecule has 0 aliphatic rings. The molecule has 122 valence electrons. The first-order valence-electron chi connectivity index (χ1n) is 7.32. The van der Waals surface area contributed by atoms with Crippen molar-refractivity contribution in [3.63, 3.8) is 0 Å². The van der Waals surface area contributed by atoms with Crippen molar-refractivity contribution in [1.29, 1.82) is 0 Å². The molecule has 0 spiro atoms. The monoisotopic (exact) mass is 448 g/mol. The SMILES string of the molecule is O=C(NC(=O)C(Br)CBr)Nc1cccc2cc3ccccc3cc12. The minimum Gasteiger partial charge on any atom is -0.307 e. The van der Waals surface area contributed by atoms with E-state index in [1.165, 1.54) is 0 Å². The third-order valence-corrected chi connectivity index (χ3v) is 5.91. The Labute approximate surface area is 155 Å². The lowest BCUT2D eigenvalue weighted by Gasteiger charge is -2.11. The Kier molecular flexibility index (Phi) is 5.16. The Morgan fingerprint density at radius 3 is 2.33 bits per heavy atom. The highest BCUT2D eigenvalue weighted by Gasteiger charge is 2.16.